The Bertz CT molecular complexity index is 2160. The zero-order chi connectivity index (χ0) is 25.9. The van der Waals surface area contributed by atoms with Gasteiger partial charge in [0.05, 0.1) is 11.0 Å². The Morgan fingerprint density at radius 1 is 0.359 bits per heavy atom. The summed E-state index contributed by atoms with van der Waals surface area (Å²) < 4.78 is 4.68. The predicted octanol–water partition coefficient (Wildman–Crippen LogP) is 9.76. The van der Waals surface area contributed by atoms with E-state index in [9.17, 15) is 0 Å². The van der Waals surface area contributed by atoms with E-state index < -0.39 is 0 Å². The zero-order valence-corrected chi connectivity index (χ0v) is 21.7. The van der Waals surface area contributed by atoms with E-state index in [-0.39, 0.29) is 0 Å². The van der Waals surface area contributed by atoms with E-state index in [2.05, 4.69) is 156 Å². The van der Waals surface area contributed by atoms with Gasteiger partial charge in [0, 0.05) is 45.3 Å². The lowest BCUT2D eigenvalue weighted by atomic mass is 10.0. The van der Waals surface area contributed by atoms with Gasteiger partial charge in [0.25, 0.3) is 0 Å². The fraction of sp³-hybridized carbons (Fsp3) is 0.0270. The summed E-state index contributed by atoms with van der Waals surface area (Å²) in [6, 6.07) is 50.6. The Hall–Kier alpha value is -5.08. The van der Waals surface area contributed by atoms with E-state index >= 15 is 0 Å². The smallest absolute Gasteiger partial charge is 0.0547 e. The molecule has 0 saturated carbocycles. The number of nitrogens with zero attached hydrogens (tertiary/aromatic N) is 2. The number of fused-ring (bicyclic) bond motifs is 6. The molecule has 184 valence electrons. The van der Waals surface area contributed by atoms with Crippen LogP contribution in [0.15, 0.2) is 140 Å². The van der Waals surface area contributed by atoms with Gasteiger partial charge < -0.3 is 9.13 Å². The molecule has 8 rings (SSSR count). The van der Waals surface area contributed by atoms with Gasteiger partial charge in [-0.2, -0.15) is 0 Å². The normalized spacial score (nSPS) is 11.7. The summed E-state index contributed by atoms with van der Waals surface area (Å²) in [7, 11) is 2.15. The summed E-state index contributed by atoms with van der Waals surface area (Å²) in [5, 5.41) is 5.15. The molecule has 2 nitrogen and oxygen atoms in total. The minimum atomic E-state index is 1.17. The van der Waals surface area contributed by atoms with Gasteiger partial charge in [-0.05, 0) is 64.7 Å². The maximum absolute atomic E-state index is 2.40. The van der Waals surface area contributed by atoms with Gasteiger partial charge in [0.15, 0.2) is 0 Å². The third-order valence-corrected chi connectivity index (χ3v) is 8.15. The van der Waals surface area contributed by atoms with Gasteiger partial charge in [-0.25, -0.2) is 0 Å². The first-order valence-corrected chi connectivity index (χ1v) is 13.4. The highest BCUT2D eigenvalue weighted by Gasteiger charge is 2.14. The summed E-state index contributed by atoms with van der Waals surface area (Å²) in [5.74, 6) is 0. The minimum absolute atomic E-state index is 1.17. The quantitative estimate of drug-likeness (QED) is 0.229. The van der Waals surface area contributed by atoms with Crippen molar-refractivity contribution in [2.45, 2.75) is 0 Å². The van der Waals surface area contributed by atoms with Crippen molar-refractivity contribution in [3.05, 3.63) is 140 Å². The average Bonchev–Trinajstić information content (AvgIpc) is 3.49. The molecule has 2 aromatic heterocycles. The lowest BCUT2D eigenvalue weighted by Gasteiger charge is -2.11. The van der Waals surface area contributed by atoms with Gasteiger partial charge in [-0.3, -0.25) is 0 Å². The fourth-order valence-electron chi connectivity index (χ4n) is 6.21. The van der Waals surface area contributed by atoms with Crippen LogP contribution in [0.5, 0.6) is 0 Å². The molecule has 0 spiro atoms. The molecule has 0 atom stereocenters. The summed E-state index contributed by atoms with van der Waals surface area (Å²) in [5.41, 5.74) is 11.1. The third kappa shape index (κ3) is 3.35. The summed E-state index contributed by atoms with van der Waals surface area (Å²) >= 11 is 0. The molecule has 0 aliphatic heterocycles. The van der Waals surface area contributed by atoms with Crippen LogP contribution in [0.25, 0.3) is 71.6 Å². The predicted molar refractivity (Wildman–Crippen MR) is 166 cm³/mol. The summed E-state index contributed by atoms with van der Waals surface area (Å²) in [6.45, 7) is 0. The van der Waals surface area contributed by atoms with E-state index in [0.29, 0.717) is 0 Å². The molecule has 0 aliphatic rings. The Morgan fingerprint density at radius 3 is 1.69 bits per heavy atom. The van der Waals surface area contributed by atoms with E-state index in [1.54, 1.807) is 0 Å². The van der Waals surface area contributed by atoms with Crippen molar-refractivity contribution in [2.75, 3.05) is 0 Å². The molecule has 0 radical (unpaired) electrons. The minimum Gasteiger partial charge on any atom is -0.344 e. The lowest BCUT2D eigenvalue weighted by molar-refractivity contribution is 1.01. The van der Waals surface area contributed by atoms with Crippen LogP contribution in [0.2, 0.25) is 0 Å². The second kappa shape index (κ2) is 8.47. The molecular weight excluding hydrogens is 472 g/mol. The van der Waals surface area contributed by atoms with E-state index in [0.717, 1.165) is 0 Å². The van der Waals surface area contributed by atoms with Crippen molar-refractivity contribution in [3.63, 3.8) is 0 Å². The van der Waals surface area contributed by atoms with Crippen molar-refractivity contribution in [2.24, 2.45) is 7.05 Å². The monoisotopic (exact) mass is 498 g/mol. The number of hydrogen-bond donors (Lipinski definition) is 0. The number of aryl methyl sites for hydroxylation is 1. The van der Waals surface area contributed by atoms with Crippen molar-refractivity contribution < 1.29 is 0 Å². The molecule has 0 bridgehead atoms. The molecule has 6 aromatic carbocycles. The van der Waals surface area contributed by atoms with Gasteiger partial charge in [0.2, 0.25) is 0 Å². The van der Waals surface area contributed by atoms with Gasteiger partial charge >= 0.3 is 0 Å². The summed E-state index contributed by atoms with van der Waals surface area (Å²) in [4.78, 5) is 0. The van der Waals surface area contributed by atoms with Crippen molar-refractivity contribution in [3.8, 4) is 27.9 Å². The second-order valence-corrected chi connectivity index (χ2v) is 10.3. The standard InChI is InChI=1S/C37H26N2/c1-38-34-13-7-5-12-31(34)33-23-27(18-22-35(33)38)26-15-19-29(20-16-26)39-36-14-8-6-11-30(36)32-21-17-28(24-37(32)39)25-9-3-2-4-10-25/h2-24H,1H3. The fourth-order valence-corrected chi connectivity index (χ4v) is 6.21. The maximum atomic E-state index is 2.40. The average molecular weight is 499 g/mol. The first kappa shape index (κ1) is 22.0. The second-order valence-electron chi connectivity index (χ2n) is 10.3. The van der Waals surface area contributed by atoms with Gasteiger partial charge in [0.1, 0.15) is 0 Å². The highest BCUT2D eigenvalue weighted by Crippen LogP contribution is 2.36. The Morgan fingerprint density at radius 2 is 0.897 bits per heavy atom. The first-order valence-electron chi connectivity index (χ1n) is 13.4. The molecule has 8 aromatic rings. The number of hydrogen-bond acceptors (Lipinski definition) is 0. The van der Waals surface area contributed by atoms with E-state index in [4.69, 9.17) is 0 Å². The van der Waals surface area contributed by atoms with Crippen molar-refractivity contribution >= 4 is 43.6 Å². The van der Waals surface area contributed by atoms with Crippen LogP contribution >= 0.6 is 0 Å². The lowest BCUT2D eigenvalue weighted by Crippen LogP contribution is -1.94. The van der Waals surface area contributed by atoms with Crippen LogP contribution in [0.1, 0.15) is 0 Å². The molecule has 0 amide bonds. The highest BCUT2D eigenvalue weighted by molar-refractivity contribution is 6.11. The van der Waals surface area contributed by atoms with Crippen LogP contribution in [0.3, 0.4) is 0 Å². The molecule has 0 N–H and O–H groups in total. The Kier molecular flexibility index (Phi) is 4.77. The zero-order valence-electron chi connectivity index (χ0n) is 21.7. The maximum Gasteiger partial charge on any atom is 0.0547 e. The number of benzene rings is 6. The molecule has 0 aliphatic carbocycles. The topological polar surface area (TPSA) is 9.86 Å². The molecule has 2 heteroatoms. The SMILES string of the molecule is Cn1c2ccccc2c2cc(-c3ccc(-n4c5ccccc5c5ccc(-c6ccccc6)cc54)cc3)ccc21. The van der Waals surface area contributed by atoms with Crippen LogP contribution in [0, 0.1) is 0 Å². The van der Waals surface area contributed by atoms with Crippen molar-refractivity contribution in [1.82, 2.24) is 9.13 Å². The van der Waals surface area contributed by atoms with Gasteiger partial charge in [-0.15, -0.1) is 0 Å². The van der Waals surface area contributed by atoms with Crippen LogP contribution in [-0.2, 0) is 7.05 Å². The van der Waals surface area contributed by atoms with Crippen LogP contribution in [0.4, 0.5) is 0 Å². The molecule has 0 unspecified atom stereocenters. The molecule has 0 saturated heterocycles. The van der Waals surface area contributed by atoms with Gasteiger partial charge in [-0.1, -0.05) is 97.1 Å². The molecule has 2 heterocycles. The number of rotatable bonds is 3. The van der Waals surface area contributed by atoms with Crippen LogP contribution in [-0.4, -0.2) is 9.13 Å². The number of para-hydroxylation sites is 2. The van der Waals surface area contributed by atoms with Crippen molar-refractivity contribution in [1.29, 1.82) is 0 Å². The molecular formula is C37H26N2. The third-order valence-electron chi connectivity index (χ3n) is 8.15. The van der Waals surface area contributed by atoms with E-state index in [1.165, 1.54) is 71.6 Å². The summed E-state index contributed by atoms with van der Waals surface area (Å²) in [6.07, 6.45) is 0. The molecule has 0 fully saturated rings. The largest absolute Gasteiger partial charge is 0.344 e. The Labute approximate surface area is 227 Å². The molecule has 39 heavy (non-hydrogen) atoms. The first-order chi connectivity index (χ1) is 19.3. The van der Waals surface area contributed by atoms with E-state index in [1.807, 2.05) is 0 Å². The highest BCUT2D eigenvalue weighted by atomic mass is 15.0. The Balaban J connectivity index is 1.28. The van der Waals surface area contributed by atoms with Crippen LogP contribution < -0.4 is 0 Å². The number of aromatic nitrogens is 2.